The summed E-state index contributed by atoms with van der Waals surface area (Å²) in [5, 5.41) is 6.13. The molecule has 2 unspecified atom stereocenters. The number of hydrogen-bond donors (Lipinski definition) is 2. The number of nitrogens with one attached hydrogen (secondary N) is 2. The number of rotatable bonds is 7. The van der Waals surface area contributed by atoms with E-state index in [1.807, 2.05) is 0 Å². The molecule has 0 aromatic heterocycles. The third-order valence-electron chi connectivity index (χ3n) is 3.47. The van der Waals surface area contributed by atoms with Crippen molar-refractivity contribution in [2.75, 3.05) is 32.9 Å². The zero-order valence-corrected chi connectivity index (χ0v) is 12.2. The second-order valence-electron chi connectivity index (χ2n) is 5.00. The molecule has 2 saturated heterocycles. The third kappa shape index (κ3) is 6.08. The molecule has 2 fully saturated rings. The highest BCUT2D eigenvalue weighted by Crippen LogP contribution is 2.11. The lowest BCUT2D eigenvalue weighted by atomic mass is 10.2. The Labute approximate surface area is 121 Å². The Morgan fingerprint density at radius 3 is 2.95 bits per heavy atom. The fourth-order valence-corrected chi connectivity index (χ4v) is 2.41. The lowest BCUT2D eigenvalue weighted by Gasteiger charge is -2.12. The quantitative estimate of drug-likeness (QED) is 0.684. The van der Waals surface area contributed by atoms with Crippen LogP contribution in [0, 0.1) is 0 Å². The van der Waals surface area contributed by atoms with Gasteiger partial charge in [0.2, 0.25) is 5.91 Å². The van der Waals surface area contributed by atoms with Crippen LogP contribution in [0.1, 0.15) is 32.1 Å². The van der Waals surface area contributed by atoms with E-state index in [1.54, 1.807) is 0 Å². The van der Waals surface area contributed by atoms with E-state index in [1.165, 1.54) is 0 Å². The molecule has 19 heavy (non-hydrogen) atoms. The molecule has 2 aliphatic rings. The monoisotopic (exact) mass is 292 g/mol. The maximum Gasteiger partial charge on any atom is 0.237 e. The molecule has 0 aliphatic carbocycles. The van der Waals surface area contributed by atoms with E-state index in [4.69, 9.17) is 9.47 Å². The van der Waals surface area contributed by atoms with Gasteiger partial charge in [-0.25, -0.2) is 0 Å². The highest BCUT2D eigenvalue weighted by molar-refractivity contribution is 5.85. The molecule has 0 bridgehead atoms. The lowest BCUT2D eigenvalue weighted by Crippen LogP contribution is -2.40. The normalized spacial score (nSPS) is 26.1. The van der Waals surface area contributed by atoms with Crippen molar-refractivity contribution in [1.29, 1.82) is 0 Å². The van der Waals surface area contributed by atoms with Gasteiger partial charge in [0.15, 0.2) is 0 Å². The summed E-state index contributed by atoms with van der Waals surface area (Å²) in [5.74, 6) is 0.131. The predicted octanol–water partition coefficient (Wildman–Crippen LogP) is 0.862. The van der Waals surface area contributed by atoms with Gasteiger partial charge in [-0.2, -0.15) is 0 Å². The average molecular weight is 293 g/mol. The highest BCUT2D eigenvalue weighted by atomic mass is 35.5. The fraction of sp³-hybridized carbons (Fsp3) is 0.923. The van der Waals surface area contributed by atoms with E-state index in [0.29, 0.717) is 25.9 Å². The lowest BCUT2D eigenvalue weighted by molar-refractivity contribution is -0.122. The van der Waals surface area contributed by atoms with Gasteiger partial charge < -0.3 is 20.1 Å². The van der Waals surface area contributed by atoms with Crippen molar-refractivity contribution in [3.8, 4) is 0 Å². The summed E-state index contributed by atoms with van der Waals surface area (Å²) in [6, 6.07) is 0.0257. The van der Waals surface area contributed by atoms with Crippen LogP contribution in [0.3, 0.4) is 0 Å². The van der Waals surface area contributed by atoms with Gasteiger partial charge in [-0.1, -0.05) is 0 Å². The summed E-state index contributed by atoms with van der Waals surface area (Å²) in [4.78, 5) is 11.7. The summed E-state index contributed by atoms with van der Waals surface area (Å²) in [6.07, 6.45) is 5.49. The maximum atomic E-state index is 11.7. The van der Waals surface area contributed by atoms with Gasteiger partial charge in [0.25, 0.3) is 0 Å². The number of carbonyl (C=O) groups excluding carboxylic acids is 1. The van der Waals surface area contributed by atoms with Crippen LogP contribution in [0.2, 0.25) is 0 Å². The summed E-state index contributed by atoms with van der Waals surface area (Å²) in [5.41, 5.74) is 0. The van der Waals surface area contributed by atoms with Crippen LogP contribution < -0.4 is 10.6 Å². The molecule has 0 spiro atoms. The molecule has 0 aromatic rings. The maximum absolute atomic E-state index is 11.7. The number of carbonyl (C=O) groups is 1. The van der Waals surface area contributed by atoms with Crippen LogP contribution >= 0.6 is 12.4 Å². The number of halogens is 1. The first-order valence-electron chi connectivity index (χ1n) is 7.07. The van der Waals surface area contributed by atoms with Gasteiger partial charge in [-0.3, -0.25) is 4.79 Å². The standard InChI is InChI=1S/C13H24N2O3.ClH/c16-13(12-5-1-6-14-12)15-7-3-8-17-10-11-4-2-9-18-11;/h11-12,14H,1-10H2,(H,15,16);1H. The van der Waals surface area contributed by atoms with Gasteiger partial charge in [0.1, 0.15) is 0 Å². The molecular formula is C13H25ClN2O3. The first kappa shape index (κ1) is 16.7. The van der Waals surface area contributed by atoms with Gasteiger partial charge in [-0.05, 0) is 38.6 Å². The minimum absolute atomic E-state index is 0. The Morgan fingerprint density at radius 2 is 2.26 bits per heavy atom. The Hall–Kier alpha value is -0.360. The van der Waals surface area contributed by atoms with Crippen molar-refractivity contribution < 1.29 is 14.3 Å². The molecule has 1 amide bonds. The second kappa shape index (κ2) is 9.53. The molecule has 5 nitrogen and oxygen atoms in total. The van der Waals surface area contributed by atoms with Crippen molar-refractivity contribution in [2.24, 2.45) is 0 Å². The number of ether oxygens (including phenoxy) is 2. The Kier molecular flexibility index (Phi) is 8.37. The first-order valence-corrected chi connectivity index (χ1v) is 7.07. The third-order valence-corrected chi connectivity index (χ3v) is 3.47. The predicted molar refractivity (Wildman–Crippen MR) is 75.7 cm³/mol. The van der Waals surface area contributed by atoms with Crippen molar-refractivity contribution in [2.45, 2.75) is 44.2 Å². The van der Waals surface area contributed by atoms with Gasteiger partial charge in [0.05, 0.1) is 18.8 Å². The van der Waals surface area contributed by atoms with E-state index in [-0.39, 0.29) is 24.4 Å². The van der Waals surface area contributed by atoms with Crippen LogP contribution in [0.25, 0.3) is 0 Å². The molecule has 2 heterocycles. The van der Waals surface area contributed by atoms with Crippen LogP contribution in [0.15, 0.2) is 0 Å². The minimum atomic E-state index is 0. The molecule has 0 saturated carbocycles. The molecule has 0 aromatic carbocycles. The van der Waals surface area contributed by atoms with Crippen LogP contribution in [0.5, 0.6) is 0 Å². The van der Waals surface area contributed by atoms with E-state index in [0.717, 1.165) is 45.3 Å². The summed E-state index contributed by atoms with van der Waals surface area (Å²) in [6.45, 7) is 3.92. The summed E-state index contributed by atoms with van der Waals surface area (Å²) >= 11 is 0. The summed E-state index contributed by atoms with van der Waals surface area (Å²) in [7, 11) is 0. The molecule has 2 atom stereocenters. The fourth-order valence-electron chi connectivity index (χ4n) is 2.41. The highest BCUT2D eigenvalue weighted by Gasteiger charge is 2.21. The molecule has 112 valence electrons. The number of amides is 1. The van der Waals surface area contributed by atoms with Crippen molar-refractivity contribution in [3.63, 3.8) is 0 Å². The Bertz CT molecular complexity index is 254. The van der Waals surface area contributed by atoms with Gasteiger partial charge >= 0.3 is 0 Å². The molecule has 0 radical (unpaired) electrons. The zero-order chi connectivity index (χ0) is 12.6. The molecule has 2 rings (SSSR count). The first-order chi connectivity index (χ1) is 8.86. The Balaban J connectivity index is 0.00000180. The Morgan fingerprint density at radius 1 is 1.37 bits per heavy atom. The molecular weight excluding hydrogens is 268 g/mol. The minimum Gasteiger partial charge on any atom is -0.379 e. The number of hydrogen-bond acceptors (Lipinski definition) is 4. The van der Waals surface area contributed by atoms with Crippen molar-refractivity contribution in [1.82, 2.24) is 10.6 Å². The van der Waals surface area contributed by atoms with Crippen LogP contribution in [0.4, 0.5) is 0 Å². The van der Waals surface area contributed by atoms with E-state index in [9.17, 15) is 4.79 Å². The van der Waals surface area contributed by atoms with E-state index in [2.05, 4.69) is 10.6 Å². The van der Waals surface area contributed by atoms with Gasteiger partial charge in [-0.15, -0.1) is 12.4 Å². The van der Waals surface area contributed by atoms with Crippen LogP contribution in [-0.4, -0.2) is 51.0 Å². The molecule has 6 heteroatoms. The van der Waals surface area contributed by atoms with Gasteiger partial charge in [0, 0.05) is 19.8 Å². The smallest absolute Gasteiger partial charge is 0.237 e. The van der Waals surface area contributed by atoms with E-state index < -0.39 is 0 Å². The molecule has 2 N–H and O–H groups in total. The SMILES string of the molecule is Cl.O=C(NCCCOCC1CCCO1)C1CCCN1. The van der Waals surface area contributed by atoms with Crippen LogP contribution in [-0.2, 0) is 14.3 Å². The largest absolute Gasteiger partial charge is 0.379 e. The summed E-state index contributed by atoms with van der Waals surface area (Å²) < 4.78 is 11.0. The zero-order valence-electron chi connectivity index (χ0n) is 11.4. The second-order valence-corrected chi connectivity index (χ2v) is 5.00. The van der Waals surface area contributed by atoms with Crippen molar-refractivity contribution in [3.05, 3.63) is 0 Å². The molecule has 2 aliphatic heterocycles. The average Bonchev–Trinajstić information content (AvgIpc) is 3.05. The topological polar surface area (TPSA) is 59.6 Å². The van der Waals surface area contributed by atoms with E-state index >= 15 is 0 Å². The van der Waals surface area contributed by atoms with Crippen molar-refractivity contribution >= 4 is 18.3 Å².